The summed E-state index contributed by atoms with van der Waals surface area (Å²) in [4.78, 5) is 0. The molecule has 0 saturated carbocycles. The maximum Gasteiger partial charge on any atom is 0.277 e. The van der Waals surface area contributed by atoms with Gasteiger partial charge in [0.1, 0.15) is 0 Å². The van der Waals surface area contributed by atoms with Gasteiger partial charge in [0, 0.05) is 6.54 Å². The Morgan fingerprint density at radius 2 is 2.15 bits per heavy atom. The fourth-order valence-electron chi connectivity index (χ4n) is 0.758. The number of nitrogens with zero attached hydrogens (tertiary/aromatic N) is 2. The fourth-order valence-corrected chi connectivity index (χ4v) is 1.51. The molecule has 13 heavy (non-hydrogen) atoms. The van der Waals surface area contributed by atoms with E-state index in [2.05, 4.69) is 5.16 Å². The van der Waals surface area contributed by atoms with Crippen molar-refractivity contribution >= 4 is 16.0 Å². The second-order valence-corrected chi connectivity index (χ2v) is 4.02. The largest absolute Gasteiger partial charge is 0.409 e. The van der Waals surface area contributed by atoms with E-state index >= 15 is 0 Å². The average molecular weight is 210 g/mol. The lowest BCUT2D eigenvalue weighted by atomic mass is 10.4. The van der Waals surface area contributed by atoms with E-state index in [0.717, 1.165) is 4.31 Å². The SMILES string of the molecule is CCCN(CC(N)=NO)S(N)(=O)=O. The Hall–Kier alpha value is -0.860. The van der Waals surface area contributed by atoms with Crippen LogP contribution in [0.4, 0.5) is 0 Å². The van der Waals surface area contributed by atoms with Crippen LogP contribution >= 0.6 is 0 Å². The van der Waals surface area contributed by atoms with Gasteiger partial charge >= 0.3 is 0 Å². The van der Waals surface area contributed by atoms with Gasteiger partial charge in [0.15, 0.2) is 5.84 Å². The van der Waals surface area contributed by atoms with Crippen LogP contribution in [0.3, 0.4) is 0 Å². The van der Waals surface area contributed by atoms with Crippen LogP contribution in [0.2, 0.25) is 0 Å². The van der Waals surface area contributed by atoms with Gasteiger partial charge < -0.3 is 10.9 Å². The van der Waals surface area contributed by atoms with Crippen molar-refractivity contribution in [3.63, 3.8) is 0 Å². The number of hydrogen-bond acceptors (Lipinski definition) is 4. The summed E-state index contributed by atoms with van der Waals surface area (Å²) in [5, 5.41) is 15.7. The van der Waals surface area contributed by atoms with Crippen LogP contribution in [-0.4, -0.2) is 36.9 Å². The van der Waals surface area contributed by atoms with Crippen LogP contribution in [0.1, 0.15) is 13.3 Å². The molecule has 0 rings (SSSR count). The summed E-state index contributed by atoms with van der Waals surface area (Å²) in [6.07, 6.45) is 0.606. The first-order chi connectivity index (χ1) is 5.91. The van der Waals surface area contributed by atoms with Gasteiger partial charge in [0.25, 0.3) is 10.2 Å². The summed E-state index contributed by atoms with van der Waals surface area (Å²) < 4.78 is 22.7. The van der Waals surface area contributed by atoms with Crippen molar-refractivity contribution in [1.82, 2.24) is 4.31 Å². The van der Waals surface area contributed by atoms with Crippen LogP contribution in [0.25, 0.3) is 0 Å². The predicted molar refractivity (Wildman–Crippen MR) is 48.4 cm³/mol. The second kappa shape index (κ2) is 5.00. The molecule has 0 bridgehead atoms. The number of amidine groups is 1. The lowest BCUT2D eigenvalue weighted by molar-refractivity contribution is 0.314. The van der Waals surface area contributed by atoms with E-state index in [1.165, 1.54) is 0 Å². The second-order valence-electron chi connectivity index (χ2n) is 2.47. The highest BCUT2D eigenvalue weighted by molar-refractivity contribution is 7.86. The van der Waals surface area contributed by atoms with E-state index < -0.39 is 10.2 Å². The smallest absolute Gasteiger partial charge is 0.277 e. The molecule has 0 radical (unpaired) electrons. The molecule has 0 aliphatic rings. The number of oxime groups is 1. The third-order valence-electron chi connectivity index (χ3n) is 1.30. The molecule has 0 aliphatic carbocycles. The highest BCUT2D eigenvalue weighted by Crippen LogP contribution is 1.95. The van der Waals surface area contributed by atoms with Crippen LogP contribution in [0.5, 0.6) is 0 Å². The van der Waals surface area contributed by atoms with Crippen molar-refractivity contribution in [1.29, 1.82) is 0 Å². The highest BCUT2D eigenvalue weighted by atomic mass is 32.2. The number of nitrogens with two attached hydrogens (primary N) is 2. The maximum atomic E-state index is 10.9. The summed E-state index contributed by atoms with van der Waals surface area (Å²) >= 11 is 0. The van der Waals surface area contributed by atoms with Crippen LogP contribution in [-0.2, 0) is 10.2 Å². The zero-order chi connectivity index (χ0) is 10.5. The molecule has 8 heteroatoms. The van der Waals surface area contributed by atoms with E-state index in [-0.39, 0.29) is 18.9 Å². The zero-order valence-corrected chi connectivity index (χ0v) is 8.16. The minimum atomic E-state index is -3.77. The number of rotatable bonds is 5. The third-order valence-corrected chi connectivity index (χ3v) is 2.33. The van der Waals surface area contributed by atoms with Crippen molar-refractivity contribution in [2.45, 2.75) is 13.3 Å². The molecule has 78 valence electrons. The molecule has 0 spiro atoms. The van der Waals surface area contributed by atoms with Crippen LogP contribution < -0.4 is 10.9 Å². The third kappa shape index (κ3) is 4.65. The minimum Gasteiger partial charge on any atom is -0.409 e. The fraction of sp³-hybridized carbons (Fsp3) is 0.800. The van der Waals surface area contributed by atoms with Gasteiger partial charge in [-0.15, -0.1) is 0 Å². The van der Waals surface area contributed by atoms with Crippen LogP contribution in [0, 0.1) is 0 Å². The first-order valence-corrected chi connectivity index (χ1v) is 5.16. The molecular weight excluding hydrogens is 196 g/mol. The average Bonchev–Trinajstić information content (AvgIpc) is 2.01. The quantitative estimate of drug-likeness (QED) is 0.225. The molecule has 0 atom stereocenters. The molecule has 0 aromatic carbocycles. The topological polar surface area (TPSA) is 122 Å². The van der Waals surface area contributed by atoms with Gasteiger partial charge in [0.05, 0.1) is 6.54 Å². The molecule has 0 heterocycles. The molecule has 0 aromatic rings. The summed E-state index contributed by atoms with van der Waals surface area (Å²) in [6, 6.07) is 0. The van der Waals surface area contributed by atoms with E-state index in [9.17, 15) is 8.42 Å². The first-order valence-electron chi connectivity index (χ1n) is 3.66. The molecule has 0 fully saturated rings. The Labute approximate surface area is 77.2 Å². The van der Waals surface area contributed by atoms with E-state index in [4.69, 9.17) is 16.1 Å². The number of hydrogen-bond donors (Lipinski definition) is 3. The molecule has 0 aliphatic heterocycles. The monoisotopic (exact) mass is 210 g/mol. The molecule has 0 saturated heterocycles. The molecule has 0 aromatic heterocycles. The summed E-state index contributed by atoms with van der Waals surface area (Å²) in [6.45, 7) is 1.85. The Morgan fingerprint density at radius 1 is 1.62 bits per heavy atom. The molecule has 0 amide bonds. The van der Waals surface area contributed by atoms with Gasteiger partial charge in [-0.05, 0) is 6.42 Å². The highest BCUT2D eigenvalue weighted by Gasteiger charge is 2.17. The van der Waals surface area contributed by atoms with Crippen molar-refractivity contribution in [3.05, 3.63) is 0 Å². The van der Waals surface area contributed by atoms with Crippen molar-refractivity contribution in [2.75, 3.05) is 13.1 Å². The van der Waals surface area contributed by atoms with Crippen LogP contribution in [0.15, 0.2) is 5.16 Å². The summed E-state index contributed by atoms with van der Waals surface area (Å²) in [7, 11) is -3.77. The van der Waals surface area contributed by atoms with Gasteiger partial charge in [0.2, 0.25) is 0 Å². The normalized spacial score (nSPS) is 13.6. The Kier molecular flexibility index (Phi) is 4.67. The molecule has 0 unspecified atom stereocenters. The van der Waals surface area contributed by atoms with Gasteiger partial charge in [-0.3, -0.25) is 0 Å². The van der Waals surface area contributed by atoms with Gasteiger partial charge in [-0.2, -0.15) is 12.7 Å². The predicted octanol–water partition coefficient (Wildman–Crippen LogP) is -1.35. The Balaban J connectivity index is 4.45. The molecule has 5 N–H and O–H groups in total. The lowest BCUT2D eigenvalue weighted by Gasteiger charge is -2.17. The summed E-state index contributed by atoms with van der Waals surface area (Å²) in [5.41, 5.74) is 5.14. The maximum absolute atomic E-state index is 10.9. The Morgan fingerprint density at radius 3 is 2.46 bits per heavy atom. The lowest BCUT2D eigenvalue weighted by Crippen LogP contribution is -2.42. The van der Waals surface area contributed by atoms with E-state index in [1.54, 1.807) is 6.92 Å². The summed E-state index contributed by atoms with van der Waals surface area (Å²) in [5.74, 6) is -0.192. The van der Waals surface area contributed by atoms with E-state index in [0.29, 0.717) is 6.42 Å². The van der Waals surface area contributed by atoms with E-state index in [1.807, 2.05) is 0 Å². The standard InChI is InChI=1S/C5H14N4O3S/c1-2-3-9(13(7,11)12)4-5(6)8-10/h10H,2-4H2,1H3,(H2,6,8)(H2,7,11,12). The minimum absolute atomic E-state index is 0.191. The van der Waals surface area contributed by atoms with Gasteiger partial charge in [-0.25, -0.2) is 5.14 Å². The zero-order valence-electron chi connectivity index (χ0n) is 7.34. The van der Waals surface area contributed by atoms with Crippen molar-refractivity contribution in [2.24, 2.45) is 16.0 Å². The first kappa shape index (κ1) is 12.1. The van der Waals surface area contributed by atoms with Gasteiger partial charge in [-0.1, -0.05) is 12.1 Å². The van der Waals surface area contributed by atoms with Crippen molar-refractivity contribution in [3.8, 4) is 0 Å². The Bertz CT molecular complexity index is 274. The van der Waals surface area contributed by atoms with Crippen molar-refractivity contribution < 1.29 is 13.6 Å². The molecule has 7 nitrogen and oxygen atoms in total. The molecular formula is C5H14N4O3S.